The van der Waals surface area contributed by atoms with Gasteiger partial charge in [0.05, 0.1) is 24.3 Å². The molecule has 3 rings (SSSR count). The Kier molecular flexibility index (Phi) is 5.98. The molecule has 25 heavy (non-hydrogen) atoms. The number of tetrazole rings is 1. The Balaban J connectivity index is 1.42. The molecular formula is C15H23ClN8O. The lowest BCUT2D eigenvalue weighted by molar-refractivity contribution is -0.131. The summed E-state index contributed by atoms with van der Waals surface area (Å²) in [6.45, 7) is 7.50. The Morgan fingerprint density at radius 2 is 2.08 bits per heavy atom. The number of halogens is 1. The highest BCUT2D eigenvalue weighted by Gasteiger charge is 2.19. The molecule has 10 heteroatoms. The van der Waals surface area contributed by atoms with E-state index in [0.717, 1.165) is 51.5 Å². The first-order chi connectivity index (χ1) is 12.1. The van der Waals surface area contributed by atoms with Gasteiger partial charge in [0.25, 0.3) is 0 Å². The topological polar surface area (TPSA) is 85.0 Å². The highest BCUT2D eigenvalue weighted by atomic mass is 35.5. The summed E-state index contributed by atoms with van der Waals surface area (Å²) in [6, 6.07) is 0. The quantitative estimate of drug-likeness (QED) is 0.738. The summed E-state index contributed by atoms with van der Waals surface area (Å²) in [6.07, 6.45) is 4.89. The van der Waals surface area contributed by atoms with Crippen LogP contribution in [0.5, 0.6) is 0 Å². The molecule has 1 aliphatic rings. The Bertz CT molecular complexity index is 699. The van der Waals surface area contributed by atoms with Crippen LogP contribution in [0.1, 0.15) is 18.7 Å². The Morgan fingerprint density at radius 1 is 1.20 bits per heavy atom. The molecule has 3 heterocycles. The molecule has 1 saturated heterocycles. The molecule has 0 atom stereocenters. The zero-order valence-electron chi connectivity index (χ0n) is 14.4. The normalized spacial score (nSPS) is 16.2. The van der Waals surface area contributed by atoms with Crippen molar-refractivity contribution in [3.63, 3.8) is 0 Å². The fraction of sp³-hybridized carbons (Fsp3) is 0.667. The second-order valence-corrected chi connectivity index (χ2v) is 6.63. The van der Waals surface area contributed by atoms with Gasteiger partial charge in [-0.1, -0.05) is 11.6 Å². The molecule has 0 saturated carbocycles. The average molecular weight is 367 g/mol. The molecule has 0 unspecified atom stereocenters. The van der Waals surface area contributed by atoms with Crippen molar-refractivity contribution in [3.05, 3.63) is 23.2 Å². The number of aryl methyl sites for hydroxylation is 2. The number of carbonyl (C=O) groups excluding carboxylic acids is 1. The summed E-state index contributed by atoms with van der Waals surface area (Å²) >= 11 is 5.88. The van der Waals surface area contributed by atoms with Crippen LogP contribution in [0.2, 0.25) is 5.02 Å². The third-order valence-corrected chi connectivity index (χ3v) is 4.63. The van der Waals surface area contributed by atoms with E-state index in [1.165, 1.54) is 0 Å². The van der Waals surface area contributed by atoms with E-state index >= 15 is 0 Å². The number of carbonyl (C=O) groups is 1. The predicted octanol–water partition coefficient (Wildman–Crippen LogP) is 0.456. The van der Waals surface area contributed by atoms with E-state index < -0.39 is 0 Å². The minimum absolute atomic E-state index is 0.163. The average Bonchev–Trinajstić information content (AvgIpc) is 3.12. The number of hydrogen-bond donors (Lipinski definition) is 0. The number of hydrogen-bond acceptors (Lipinski definition) is 6. The van der Waals surface area contributed by atoms with Crippen molar-refractivity contribution in [2.75, 3.05) is 32.7 Å². The fourth-order valence-corrected chi connectivity index (χ4v) is 3.12. The minimum Gasteiger partial charge on any atom is -0.341 e. The monoisotopic (exact) mass is 366 g/mol. The van der Waals surface area contributed by atoms with Crippen LogP contribution in [0.4, 0.5) is 0 Å². The zero-order chi connectivity index (χ0) is 17.6. The van der Waals surface area contributed by atoms with Gasteiger partial charge in [0.1, 0.15) is 5.82 Å². The van der Waals surface area contributed by atoms with Gasteiger partial charge < -0.3 is 4.90 Å². The molecule has 0 aromatic carbocycles. The standard InChI is InChI=1S/C15H23ClN8O/c1-13-18-19-20-24(13)6-3-15(25)22-5-2-4-21(7-9-22)8-10-23-12-14(16)11-17-23/h11-12H,2-10H2,1H3. The van der Waals surface area contributed by atoms with Gasteiger partial charge in [-0.05, 0) is 30.3 Å². The number of amides is 1. The van der Waals surface area contributed by atoms with Gasteiger partial charge in [-0.25, -0.2) is 4.68 Å². The van der Waals surface area contributed by atoms with Crippen molar-refractivity contribution >= 4 is 17.5 Å². The molecule has 136 valence electrons. The van der Waals surface area contributed by atoms with Crippen LogP contribution in [-0.4, -0.2) is 78.4 Å². The lowest BCUT2D eigenvalue weighted by Crippen LogP contribution is -2.36. The third-order valence-electron chi connectivity index (χ3n) is 4.44. The first-order valence-electron chi connectivity index (χ1n) is 8.52. The molecule has 0 spiro atoms. The largest absolute Gasteiger partial charge is 0.341 e. The lowest BCUT2D eigenvalue weighted by atomic mass is 10.3. The molecule has 2 aromatic rings. The molecule has 0 radical (unpaired) electrons. The minimum atomic E-state index is 0.163. The summed E-state index contributed by atoms with van der Waals surface area (Å²) in [5.41, 5.74) is 0. The maximum Gasteiger partial charge on any atom is 0.224 e. The maximum absolute atomic E-state index is 12.4. The maximum atomic E-state index is 12.4. The van der Waals surface area contributed by atoms with Crippen LogP contribution in [0.3, 0.4) is 0 Å². The molecule has 0 N–H and O–H groups in total. The summed E-state index contributed by atoms with van der Waals surface area (Å²) in [5, 5.41) is 16.2. The van der Waals surface area contributed by atoms with Gasteiger partial charge in [0.2, 0.25) is 5.91 Å². The summed E-state index contributed by atoms with van der Waals surface area (Å²) < 4.78 is 3.52. The molecule has 2 aromatic heterocycles. The highest BCUT2D eigenvalue weighted by Crippen LogP contribution is 2.08. The zero-order valence-corrected chi connectivity index (χ0v) is 15.1. The van der Waals surface area contributed by atoms with Crippen molar-refractivity contribution in [2.24, 2.45) is 0 Å². The molecule has 1 amide bonds. The van der Waals surface area contributed by atoms with E-state index in [1.54, 1.807) is 10.9 Å². The van der Waals surface area contributed by atoms with E-state index in [-0.39, 0.29) is 5.91 Å². The highest BCUT2D eigenvalue weighted by molar-refractivity contribution is 6.30. The van der Waals surface area contributed by atoms with Crippen LogP contribution >= 0.6 is 11.6 Å². The van der Waals surface area contributed by atoms with E-state index in [4.69, 9.17) is 11.6 Å². The van der Waals surface area contributed by atoms with Crippen LogP contribution in [0.15, 0.2) is 12.4 Å². The Morgan fingerprint density at radius 3 is 2.80 bits per heavy atom. The van der Waals surface area contributed by atoms with E-state index in [1.807, 2.05) is 22.7 Å². The Labute approximate surface area is 151 Å². The predicted molar refractivity (Wildman–Crippen MR) is 92.0 cm³/mol. The van der Waals surface area contributed by atoms with Gasteiger partial charge in [0, 0.05) is 38.8 Å². The molecule has 1 fully saturated rings. The second kappa shape index (κ2) is 8.39. The summed E-state index contributed by atoms with van der Waals surface area (Å²) in [7, 11) is 0. The molecule has 0 bridgehead atoms. The fourth-order valence-electron chi connectivity index (χ4n) is 2.96. The van der Waals surface area contributed by atoms with Crippen molar-refractivity contribution in [2.45, 2.75) is 32.9 Å². The van der Waals surface area contributed by atoms with Crippen LogP contribution in [-0.2, 0) is 17.9 Å². The first-order valence-corrected chi connectivity index (χ1v) is 8.90. The van der Waals surface area contributed by atoms with Crippen LogP contribution < -0.4 is 0 Å². The van der Waals surface area contributed by atoms with Gasteiger partial charge >= 0.3 is 0 Å². The molecule has 9 nitrogen and oxygen atoms in total. The third kappa shape index (κ3) is 4.99. The number of aromatic nitrogens is 6. The van der Waals surface area contributed by atoms with Crippen molar-refractivity contribution in [1.82, 2.24) is 39.8 Å². The summed E-state index contributed by atoms with van der Waals surface area (Å²) in [5.74, 6) is 0.893. The first kappa shape index (κ1) is 17.8. The van der Waals surface area contributed by atoms with Crippen LogP contribution in [0, 0.1) is 6.92 Å². The second-order valence-electron chi connectivity index (χ2n) is 6.20. The van der Waals surface area contributed by atoms with Gasteiger partial charge in [-0.2, -0.15) is 5.10 Å². The number of nitrogens with zero attached hydrogens (tertiary/aromatic N) is 8. The van der Waals surface area contributed by atoms with E-state index in [2.05, 4.69) is 25.5 Å². The SMILES string of the molecule is Cc1nnnn1CCC(=O)N1CCCN(CCn2cc(Cl)cn2)CC1. The molecule has 0 aliphatic carbocycles. The smallest absolute Gasteiger partial charge is 0.224 e. The van der Waals surface area contributed by atoms with Gasteiger partial charge in [-0.15, -0.1) is 5.10 Å². The molecule has 1 aliphatic heterocycles. The Hall–Kier alpha value is -2.00. The van der Waals surface area contributed by atoms with E-state index in [9.17, 15) is 4.79 Å². The molecular weight excluding hydrogens is 344 g/mol. The van der Waals surface area contributed by atoms with Gasteiger partial charge in [0.15, 0.2) is 0 Å². The van der Waals surface area contributed by atoms with Crippen LogP contribution in [0.25, 0.3) is 0 Å². The lowest BCUT2D eigenvalue weighted by Gasteiger charge is -2.22. The van der Waals surface area contributed by atoms with Crippen molar-refractivity contribution in [1.29, 1.82) is 0 Å². The van der Waals surface area contributed by atoms with Crippen molar-refractivity contribution in [3.8, 4) is 0 Å². The summed E-state index contributed by atoms with van der Waals surface area (Å²) in [4.78, 5) is 16.8. The number of rotatable bonds is 6. The van der Waals surface area contributed by atoms with Gasteiger partial charge in [-0.3, -0.25) is 14.4 Å². The van der Waals surface area contributed by atoms with Crippen molar-refractivity contribution < 1.29 is 4.79 Å². The van der Waals surface area contributed by atoms with E-state index in [0.29, 0.717) is 18.0 Å².